The molecule has 17 heavy (non-hydrogen) atoms. The number of fused-ring (bicyclic) bond motifs is 1. The Hall–Kier alpha value is -1.35. The number of benzene rings is 1. The van der Waals surface area contributed by atoms with Gasteiger partial charge in [-0.2, -0.15) is 0 Å². The molecule has 0 unspecified atom stereocenters. The fourth-order valence-corrected chi connectivity index (χ4v) is 2.23. The number of carboxylic acid groups (broad SMARTS) is 1. The molecule has 1 aliphatic carbocycles. The number of aliphatic carboxylic acids is 1. The number of carbonyl (C=O) groups is 1. The zero-order valence-electron chi connectivity index (χ0n) is 9.95. The molecule has 0 aliphatic heterocycles. The summed E-state index contributed by atoms with van der Waals surface area (Å²) >= 11 is 0. The summed E-state index contributed by atoms with van der Waals surface area (Å²) in [6.07, 6.45) is 4.64. The van der Waals surface area contributed by atoms with Gasteiger partial charge in [0.25, 0.3) is 0 Å². The Morgan fingerprint density at radius 3 is 2.88 bits per heavy atom. The van der Waals surface area contributed by atoms with Gasteiger partial charge in [-0.15, -0.1) is 0 Å². The molecule has 92 valence electrons. The first-order valence-corrected chi connectivity index (χ1v) is 6.16. The third-order valence-corrected chi connectivity index (χ3v) is 3.16. The van der Waals surface area contributed by atoms with Crippen molar-refractivity contribution in [2.75, 3.05) is 13.2 Å². The van der Waals surface area contributed by atoms with E-state index >= 15 is 0 Å². The van der Waals surface area contributed by atoms with Crippen LogP contribution < -0.4 is 0 Å². The summed E-state index contributed by atoms with van der Waals surface area (Å²) in [6, 6.07) is 6.64. The summed E-state index contributed by atoms with van der Waals surface area (Å²) < 4.78 is 5.29. The van der Waals surface area contributed by atoms with Crippen molar-refractivity contribution in [3.8, 4) is 0 Å². The minimum atomic E-state index is -0.803. The van der Waals surface area contributed by atoms with E-state index in [1.54, 1.807) is 0 Å². The first-order valence-electron chi connectivity index (χ1n) is 6.16. The van der Waals surface area contributed by atoms with Gasteiger partial charge >= 0.3 is 5.97 Å². The second kappa shape index (κ2) is 5.82. The van der Waals surface area contributed by atoms with Crippen molar-refractivity contribution in [3.05, 3.63) is 34.9 Å². The highest BCUT2D eigenvalue weighted by atomic mass is 16.5. The van der Waals surface area contributed by atoms with Crippen LogP contribution in [0.15, 0.2) is 18.2 Å². The number of hydrogen-bond acceptors (Lipinski definition) is 2. The van der Waals surface area contributed by atoms with Gasteiger partial charge in [-0.25, -0.2) is 0 Å². The second-order valence-corrected chi connectivity index (χ2v) is 4.46. The molecule has 0 fully saturated rings. The lowest BCUT2D eigenvalue weighted by Gasteiger charge is -2.05. The molecule has 0 spiro atoms. The molecule has 3 nitrogen and oxygen atoms in total. The van der Waals surface area contributed by atoms with Crippen molar-refractivity contribution in [2.24, 2.45) is 0 Å². The van der Waals surface area contributed by atoms with E-state index in [-0.39, 0.29) is 6.42 Å². The van der Waals surface area contributed by atoms with Crippen molar-refractivity contribution in [1.82, 2.24) is 0 Å². The number of ether oxygens (including phenoxy) is 1. The van der Waals surface area contributed by atoms with Crippen LogP contribution in [0.2, 0.25) is 0 Å². The largest absolute Gasteiger partial charge is 0.481 e. The van der Waals surface area contributed by atoms with Crippen LogP contribution in [0.25, 0.3) is 0 Å². The van der Waals surface area contributed by atoms with Crippen LogP contribution in [0, 0.1) is 0 Å². The molecular formula is C14H18O3. The molecule has 2 rings (SSSR count). The lowest BCUT2D eigenvalue weighted by atomic mass is 10.0. The average Bonchev–Trinajstić information content (AvgIpc) is 2.75. The molecule has 0 saturated heterocycles. The minimum absolute atomic E-state index is 0.0875. The van der Waals surface area contributed by atoms with Crippen LogP contribution in [0.3, 0.4) is 0 Å². The Kier molecular flexibility index (Phi) is 4.15. The Bertz CT molecular complexity index is 398. The highest BCUT2D eigenvalue weighted by Gasteiger charge is 2.10. The maximum Gasteiger partial charge on any atom is 0.305 e. The van der Waals surface area contributed by atoms with Gasteiger partial charge in [0.1, 0.15) is 0 Å². The number of aryl methyl sites for hydroxylation is 2. The molecule has 0 heterocycles. The summed E-state index contributed by atoms with van der Waals surface area (Å²) in [5.74, 6) is -0.803. The molecule has 1 N–H and O–H groups in total. The second-order valence-electron chi connectivity index (χ2n) is 4.46. The van der Waals surface area contributed by atoms with Gasteiger partial charge < -0.3 is 9.84 Å². The summed E-state index contributed by atoms with van der Waals surface area (Å²) in [5.41, 5.74) is 4.26. The molecule has 1 aromatic rings. The maximum atomic E-state index is 10.3. The summed E-state index contributed by atoms with van der Waals surface area (Å²) in [6.45, 7) is 0.909. The van der Waals surface area contributed by atoms with Crippen LogP contribution >= 0.6 is 0 Å². The molecular weight excluding hydrogens is 216 g/mol. The van der Waals surface area contributed by atoms with Crippen molar-refractivity contribution in [1.29, 1.82) is 0 Å². The summed E-state index contributed by atoms with van der Waals surface area (Å²) in [4.78, 5) is 10.3. The van der Waals surface area contributed by atoms with Crippen molar-refractivity contribution in [3.63, 3.8) is 0 Å². The number of hydrogen-bond donors (Lipinski definition) is 1. The highest BCUT2D eigenvalue weighted by Crippen LogP contribution is 2.22. The third kappa shape index (κ3) is 3.56. The Labute approximate surface area is 101 Å². The summed E-state index contributed by atoms with van der Waals surface area (Å²) in [5, 5.41) is 8.46. The van der Waals surface area contributed by atoms with Crippen LogP contribution in [0.4, 0.5) is 0 Å². The normalized spacial score (nSPS) is 13.6. The fraction of sp³-hybridized carbons (Fsp3) is 0.500. The Morgan fingerprint density at radius 1 is 1.24 bits per heavy atom. The van der Waals surface area contributed by atoms with Gasteiger partial charge in [0.2, 0.25) is 0 Å². The van der Waals surface area contributed by atoms with Gasteiger partial charge in [0.15, 0.2) is 0 Å². The predicted octanol–water partition coefficient (Wildman–Crippen LogP) is 2.21. The van der Waals surface area contributed by atoms with E-state index in [1.165, 1.54) is 36.0 Å². The summed E-state index contributed by atoms with van der Waals surface area (Å²) in [7, 11) is 0. The zero-order valence-corrected chi connectivity index (χ0v) is 9.95. The SMILES string of the molecule is O=C(O)CCOCCc1ccc2c(c1)CCC2. The number of carboxylic acids is 1. The van der Waals surface area contributed by atoms with E-state index in [0.717, 1.165) is 6.42 Å². The van der Waals surface area contributed by atoms with Crippen LogP contribution in [0.1, 0.15) is 29.5 Å². The third-order valence-electron chi connectivity index (χ3n) is 3.16. The molecule has 0 aromatic heterocycles. The quantitative estimate of drug-likeness (QED) is 0.768. The highest BCUT2D eigenvalue weighted by molar-refractivity contribution is 5.66. The molecule has 0 bridgehead atoms. The minimum Gasteiger partial charge on any atom is -0.481 e. The molecule has 0 atom stereocenters. The Balaban J connectivity index is 1.74. The van der Waals surface area contributed by atoms with E-state index in [1.807, 2.05) is 0 Å². The zero-order chi connectivity index (χ0) is 12.1. The smallest absolute Gasteiger partial charge is 0.305 e. The average molecular weight is 234 g/mol. The van der Waals surface area contributed by atoms with Crippen molar-refractivity contribution >= 4 is 5.97 Å². The van der Waals surface area contributed by atoms with Crippen LogP contribution in [-0.2, 0) is 28.8 Å². The van der Waals surface area contributed by atoms with E-state index < -0.39 is 5.97 Å². The lowest BCUT2D eigenvalue weighted by molar-refractivity contribution is -0.138. The van der Waals surface area contributed by atoms with Crippen LogP contribution in [-0.4, -0.2) is 24.3 Å². The van der Waals surface area contributed by atoms with E-state index in [9.17, 15) is 4.79 Å². The predicted molar refractivity (Wildman–Crippen MR) is 65.2 cm³/mol. The van der Waals surface area contributed by atoms with Gasteiger partial charge in [0, 0.05) is 0 Å². The first kappa shape index (κ1) is 12.1. The van der Waals surface area contributed by atoms with E-state index in [4.69, 9.17) is 9.84 Å². The fourth-order valence-electron chi connectivity index (χ4n) is 2.23. The Morgan fingerprint density at radius 2 is 2.06 bits per heavy atom. The van der Waals surface area contributed by atoms with Crippen LogP contribution in [0.5, 0.6) is 0 Å². The van der Waals surface area contributed by atoms with Crippen molar-refractivity contribution in [2.45, 2.75) is 32.1 Å². The molecule has 0 saturated carbocycles. The van der Waals surface area contributed by atoms with Gasteiger partial charge in [0.05, 0.1) is 19.6 Å². The van der Waals surface area contributed by atoms with E-state index in [0.29, 0.717) is 13.2 Å². The van der Waals surface area contributed by atoms with Gasteiger partial charge in [-0.1, -0.05) is 18.2 Å². The molecule has 1 aliphatic rings. The van der Waals surface area contributed by atoms with E-state index in [2.05, 4.69) is 18.2 Å². The van der Waals surface area contributed by atoms with Crippen molar-refractivity contribution < 1.29 is 14.6 Å². The molecule has 1 aromatic carbocycles. The lowest BCUT2D eigenvalue weighted by Crippen LogP contribution is -2.05. The first-order chi connectivity index (χ1) is 8.25. The maximum absolute atomic E-state index is 10.3. The van der Waals surface area contributed by atoms with Gasteiger partial charge in [-0.3, -0.25) is 4.79 Å². The topological polar surface area (TPSA) is 46.5 Å². The molecule has 0 amide bonds. The standard InChI is InChI=1S/C14H18O3/c15-14(16)7-9-17-8-6-11-4-5-12-2-1-3-13(12)10-11/h4-5,10H,1-3,6-9H2,(H,15,16). The number of rotatable bonds is 6. The molecule has 0 radical (unpaired) electrons. The van der Waals surface area contributed by atoms with Gasteiger partial charge in [-0.05, 0) is 42.4 Å². The monoisotopic (exact) mass is 234 g/mol. The molecule has 3 heteroatoms.